The predicted octanol–water partition coefficient (Wildman–Crippen LogP) is 3.13. The second-order valence-corrected chi connectivity index (χ2v) is 4.66. The fraction of sp³-hybridized carbons (Fsp3) is 0.538. The van der Waals surface area contributed by atoms with Gasteiger partial charge >= 0.3 is 0 Å². The van der Waals surface area contributed by atoms with Gasteiger partial charge in [-0.05, 0) is 31.9 Å². The van der Waals surface area contributed by atoms with Crippen LogP contribution in [-0.2, 0) is 0 Å². The van der Waals surface area contributed by atoms with E-state index in [0.29, 0.717) is 0 Å². The van der Waals surface area contributed by atoms with Gasteiger partial charge < -0.3 is 4.90 Å². The first kappa shape index (κ1) is 8.34. The highest BCUT2D eigenvalue weighted by molar-refractivity contribution is 5.57. The van der Waals surface area contributed by atoms with Gasteiger partial charge in [0.1, 0.15) is 0 Å². The van der Waals surface area contributed by atoms with Gasteiger partial charge in [-0.15, -0.1) is 0 Å². The Balaban J connectivity index is 1.81. The lowest BCUT2D eigenvalue weighted by Crippen LogP contribution is -2.00. The van der Waals surface area contributed by atoms with Gasteiger partial charge in [-0.2, -0.15) is 0 Å². The van der Waals surface area contributed by atoms with E-state index in [9.17, 15) is 0 Å². The molecule has 0 aromatic heterocycles. The standard InChI is InChI=1S/C13H17N/c1-10-6-8-11(9-7-10)14-12-4-2-3-5-13(12)14/h6-9,12-13H,2-5H2,1H3/t12-,13+,14?. The van der Waals surface area contributed by atoms with Crippen LogP contribution in [0.1, 0.15) is 31.2 Å². The van der Waals surface area contributed by atoms with E-state index in [-0.39, 0.29) is 0 Å². The Hall–Kier alpha value is -0.980. The predicted molar refractivity (Wildman–Crippen MR) is 59.7 cm³/mol. The van der Waals surface area contributed by atoms with Crippen molar-refractivity contribution in [3.05, 3.63) is 29.8 Å². The molecule has 0 spiro atoms. The fourth-order valence-electron chi connectivity index (χ4n) is 2.80. The number of benzene rings is 1. The van der Waals surface area contributed by atoms with Gasteiger partial charge in [-0.1, -0.05) is 30.5 Å². The highest BCUT2D eigenvalue weighted by Gasteiger charge is 2.47. The summed E-state index contributed by atoms with van der Waals surface area (Å²) in [6, 6.07) is 10.7. The summed E-state index contributed by atoms with van der Waals surface area (Å²) in [5, 5.41) is 0. The molecule has 1 saturated carbocycles. The molecule has 2 fully saturated rings. The summed E-state index contributed by atoms with van der Waals surface area (Å²) in [6.45, 7) is 2.15. The number of nitrogens with zero attached hydrogens (tertiary/aromatic N) is 1. The number of aryl methyl sites for hydroxylation is 1. The summed E-state index contributed by atoms with van der Waals surface area (Å²) >= 11 is 0. The Morgan fingerprint density at radius 3 is 2.14 bits per heavy atom. The number of hydrogen-bond donors (Lipinski definition) is 0. The first-order chi connectivity index (χ1) is 6.86. The van der Waals surface area contributed by atoms with E-state index in [2.05, 4.69) is 36.1 Å². The van der Waals surface area contributed by atoms with Gasteiger partial charge in [0, 0.05) is 17.8 Å². The zero-order valence-corrected chi connectivity index (χ0v) is 8.74. The molecule has 1 aromatic rings. The molecule has 1 aliphatic heterocycles. The number of fused-ring (bicyclic) bond motifs is 1. The van der Waals surface area contributed by atoms with Crippen molar-refractivity contribution in [2.75, 3.05) is 4.90 Å². The highest BCUT2D eigenvalue weighted by Crippen LogP contribution is 2.43. The quantitative estimate of drug-likeness (QED) is 0.610. The maximum Gasteiger partial charge on any atom is 0.0497 e. The van der Waals surface area contributed by atoms with Crippen molar-refractivity contribution < 1.29 is 0 Å². The van der Waals surface area contributed by atoms with Gasteiger partial charge in [-0.3, -0.25) is 0 Å². The Morgan fingerprint density at radius 2 is 1.57 bits per heavy atom. The van der Waals surface area contributed by atoms with Gasteiger partial charge in [0.2, 0.25) is 0 Å². The van der Waals surface area contributed by atoms with E-state index < -0.39 is 0 Å². The van der Waals surface area contributed by atoms with E-state index in [0.717, 1.165) is 12.1 Å². The summed E-state index contributed by atoms with van der Waals surface area (Å²) < 4.78 is 0. The zero-order valence-electron chi connectivity index (χ0n) is 8.74. The second kappa shape index (κ2) is 3.01. The molecule has 74 valence electrons. The van der Waals surface area contributed by atoms with Crippen LogP contribution in [0.2, 0.25) is 0 Å². The van der Waals surface area contributed by atoms with Crippen LogP contribution in [0.3, 0.4) is 0 Å². The van der Waals surface area contributed by atoms with E-state index in [1.165, 1.54) is 36.9 Å². The lowest BCUT2D eigenvalue weighted by atomic mass is 10.0. The summed E-state index contributed by atoms with van der Waals surface area (Å²) in [6.07, 6.45) is 5.70. The molecule has 3 rings (SSSR count). The van der Waals surface area contributed by atoms with Crippen LogP contribution in [0, 0.1) is 6.92 Å². The van der Waals surface area contributed by atoms with E-state index in [4.69, 9.17) is 0 Å². The molecular formula is C13H17N. The first-order valence-electron chi connectivity index (χ1n) is 5.71. The zero-order chi connectivity index (χ0) is 9.54. The van der Waals surface area contributed by atoms with Crippen LogP contribution in [0.15, 0.2) is 24.3 Å². The average molecular weight is 187 g/mol. The molecule has 2 aliphatic rings. The molecule has 0 bridgehead atoms. The largest absolute Gasteiger partial charge is 0.361 e. The molecule has 0 radical (unpaired) electrons. The third-order valence-electron chi connectivity index (χ3n) is 3.65. The summed E-state index contributed by atoms with van der Waals surface area (Å²) in [5.74, 6) is 0. The molecule has 1 nitrogen and oxygen atoms in total. The Morgan fingerprint density at radius 1 is 1.00 bits per heavy atom. The lowest BCUT2D eigenvalue weighted by Gasteiger charge is -2.04. The molecule has 1 saturated heterocycles. The third-order valence-corrected chi connectivity index (χ3v) is 3.65. The molecule has 0 N–H and O–H groups in total. The van der Waals surface area contributed by atoms with Crippen molar-refractivity contribution in [2.24, 2.45) is 0 Å². The monoisotopic (exact) mass is 187 g/mol. The van der Waals surface area contributed by atoms with Crippen LogP contribution < -0.4 is 4.90 Å². The normalized spacial score (nSPS) is 29.9. The van der Waals surface area contributed by atoms with Crippen molar-refractivity contribution in [1.82, 2.24) is 0 Å². The molecule has 1 aliphatic carbocycles. The molecule has 0 unspecified atom stereocenters. The molecule has 2 atom stereocenters. The summed E-state index contributed by atoms with van der Waals surface area (Å²) in [4.78, 5) is 2.60. The topological polar surface area (TPSA) is 3.01 Å². The fourth-order valence-corrected chi connectivity index (χ4v) is 2.80. The van der Waals surface area contributed by atoms with Crippen LogP contribution in [0.25, 0.3) is 0 Å². The minimum Gasteiger partial charge on any atom is -0.361 e. The van der Waals surface area contributed by atoms with Crippen LogP contribution in [0.5, 0.6) is 0 Å². The van der Waals surface area contributed by atoms with Crippen molar-refractivity contribution in [3.8, 4) is 0 Å². The molecule has 1 heteroatoms. The Kier molecular flexibility index (Phi) is 1.79. The second-order valence-electron chi connectivity index (χ2n) is 4.66. The molecule has 14 heavy (non-hydrogen) atoms. The minimum absolute atomic E-state index is 0.881. The lowest BCUT2D eigenvalue weighted by molar-refractivity contribution is 0.571. The smallest absolute Gasteiger partial charge is 0.0497 e. The maximum absolute atomic E-state index is 2.60. The Labute approximate surface area is 85.7 Å². The van der Waals surface area contributed by atoms with Crippen molar-refractivity contribution in [1.29, 1.82) is 0 Å². The Bertz CT molecular complexity index is 316. The van der Waals surface area contributed by atoms with Gasteiger partial charge in [0.15, 0.2) is 0 Å². The van der Waals surface area contributed by atoms with Gasteiger partial charge in [0.05, 0.1) is 0 Å². The van der Waals surface area contributed by atoms with Crippen molar-refractivity contribution in [2.45, 2.75) is 44.7 Å². The number of hydrogen-bond acceptors (Lipinski definition) is 1. The third kappa shape index (κ3) is 1.23. The summed E-state index contributed by atoms with van der Waals surface area (Å²) in [7, 11) is 0. The van der Waals surface area contributed by atoms with Crippen LogP contribution >= 0.6 is 0 Å². The minimum atomic E-state index is 0.881. The van der Waals surface area contributed by atoms with E-state index >= 15 is 0 Å². The first-order valence-corrected chi connectivity index (χ1v) is 5.71. The molecular weight excluding hydrogens is 170 g/mol. The average Bonchev–Trinajstić information content (AvgIpc) is 2.93. The van der Waals surface area contributed by atoms with Gasteiger partial charge in [-0.25, -0.2) is 0 Å². The highest BCUT2D eigenvalue weighted by atomic mass is 15.4. The number of rotatable bonds is 1. The summed E-state index contributed by atoms with van der Waals surface area (Å²) in [5.41, 5.74) is 2.80. The van der Waals surface area contributed by atoms with Crippen LogP contribution in [0.4, 0.5) is 5.69 Å². The van der Waals surface area contributed by atoms with Crippen molar-refractivity contribution >= 4 is 5.69 Å². The van der Waals surface area contributed by atoms with E-state index in [1.807, 2.05) is 0 Å². The molecule has 1 heterocycles. The number of anilines is 1. The molecule has 0 amide bonds. The molecule has 1 aromatic carbocycles. The SMILES string of the molecule is Cc1ccc(N2[C@@H]3CCCC[C@@H]32)cc1. The van der Waals surface area contributed by atoms with Gasteiger partial charge in [0.25, 0.3) is 0 Å². The van der Waals surface area contributed by atoms with Crippen LogP contribution in [-0.4, -0.2) is 12.1 Å². The van der Waals surface area contributed by atoms with Crippen molar-refractivity contribution in [3.63, 3.8) is 0 Å². The maximum atomic E-state index is 2.60. The van der Waals surface area contributed by atoms with E-state index in [1.54, 1.807) is 0 Å².